The Balaban J connectivity index is 1.44. The lowest BCUT2D eigenvalue weighted by atomic mass is 10.1. The third-order valence-corrected chi connectivity index (χ3v) is 4.10. The van der Waals surface area contributed by atoms with E-state index in [4.69, 9.17) is 9.47 Å². The summed E-state index contributed by atoms with van der Waals surface area (Å²) in [6.07, 6.45) is 4.53. The molecule has 1 aliphatic rings. The Morgan fingerprint density at radius 2 is 1.96 bits per heavy atom. The number of benzene rings is 2. The van der Waals surface area contributed by atoms with Crippen molar-refractivity contribution in [3.63, 3.8) is 0 Å². The summed E-state index contributed by atoms with van der Waals surface area (Å²) >= 11 is 0. The lowest BCUT2D eigenvalue weighted by molar-refractivity contribution is -0.143. The molecule has 1 saturated carbocycles. The zero-order valence-corrected chi connectivity index (χ0v) is 15.6. The van der Waals surface area contributed by atoms with E-state index in [0.29, 0.717) is 17.4 Å². The van der Waals surface area contributed by atoms with Crippen LogP contribution in [0.15, 0.2) is 54.6 Å². The highest BCUT2D eigenvalue weighted by atomic mass is 19.1. The van der Waals surface area contributed by atoms with E-state index in [0.717, 1.165) is 18.4 Å². The van der Waals surface area contributed by atoms with E-state index in [1.165, 1.54) is 18.2 Å². The van der Waals surface area contributed by atoms with Gasteiger partial charge in [0.15, 0.2) is 0 Å². The topological polar surface area (TPSA) is 64.6 Å². The zero-order chi connectivity index (χ0) is 19.9. The number of hydrogen-bond donors (Lipinski definition) is 1. The molecule has 1 unspecified atom stereocenters. The number of nitrogens with one attached hydrogen (secondary N) is 1. The van der Waals surface area contributed by atoms with Crippen LogP contribution in [0.2, 0.25) is 0 Å². The van der Waals surface area contributed by atoms with Crippen molar-refractivity contribution in [2.75, 3.05) is 6.61 Å². The fourth-order valence-corrected chi connectivity index (χ4v) is 2.45. The number of hydrogen-bond acceptors (Lipinski definition) is 4. The van der Waals surface area contributed by atoms with E-state index in [1.807, 2.05) is 0 Å². The van der Waals surface area contributed by atoms with Crippen molar-refractivity contribution in [1.29, 1.82) is 0 Å². The van der Waals surface area contributed by atoms with Gasteiger partial charge < -0.3 is 14.8 Å². The summed E-state index contributed by atoms with van der Waals surface area (Å²) in [4.78, 5) is 23.8. The first kappa shape index (κ1) is 19.6. The van der Waals surface area contributed by atoms with Crippen molar-refractivity contribution < 1.29 is 23.5 Å². The highest BCUT2D eigenvalue weighted by molar-refractivity contribution is 5.95. The fourth-order valence-electron chi connectivity index (χ4n) is 2.45. The van der Waals surface area contributed by atoms with Crippen molar-refractivity contribution in [1.82, 2.24) is 5.32 Å². The third-order valence-electron chi connectivity index (χ3n) is 4.10. The number of carbonyl (C=O) groups is 2. The molecule has 1 aliphatic carbocycles. The number of amides is 1. The summed E-state index contributed by atoms with van der Waals surface area (Å²) in [7, 11) is 0. The molecule has 1 amide bonds. The maximum Gasteiger partial charge on any atom is 0.331 e. The van der Waals surface area contributed by atoms with Gasteiger partial charge in [0.2, 0.25) is 0 Å². The predicted octanol–water partition coefficient (Wildman–Crippen LogP) is 3.74. The molecule has 0 aromatic heterocycles. The van der Waals surface area contributed by atoms with Gasteiger partial charge in [-0.1, -0.05) is 18.2 Å². The first-order valence-electron chi connectivity index (χ1n) is 9.17. The Morgan fingerprint density at radius 3 is 2.64 bits per heavy atom. The summed E-state index contributed by atoms with van der Waals surface area (Å²) in [6.45, 7) is 1.81. The molecule has 1 N–H and O–H groups in total. The average molecular weight is 383 g/mol. The van der Waals surface area contributed by atoms with Gasteiger partial charge in [-0.05, 0) is 55.7 Å². The van der Waals surface area contributed by atoms with Gasteiger partial charge in [-0.2, -0.15) is 0 Å². The van der Waals surface area contributed by atoms with Gasteiger partial charge in [-0.3, -0.25) is 4.79 Å². The molecular formula is C22H22FNO4. The number of carbonyl (C=O) groups excluding carboxylic acids is 2. The fraction of sp³-hybridized carbons (Fsp3) is 0.273. The first-order chi connectivity index (χ1) is 13.5. The van der Waals surface area contributed by atoms with Gasteiger partial charge >= 0.3 is 5.97 Å². The van der Waals surface area contributed by atoms with Crippen LogP contribution in [0, 0.1) is 5.82 Å². The molecule has 3 rings (SSSR count). The van der Waals surface area contributed by atoms with Crippen LogP contribution in [0.1, 0.15) is 35.7 Å². The van der Waals surface area contributed by atoms with Crippen LogP contribution in [0.25, 0.3) is 6.08 Å². The number of rotatable bonds is 8. The molecule has 0 bridgehead atoms. The van der Waals surface area contributed by atoms with Crippen LogP contribution < -0.4 is 10.1 Å². The van der Waals surface area contributed by atoms with E-state index in [9.17, 15) is 14.0 Å². The second kappa shape index (κ2) is 9.17. The van der Waals surface area contributed by atoms with Crippen molar-refractivity contribution in [3.05, 3.63) is 71.6 Å². The normalized spacial score (nSPS) is 14.5. The maximum absolute atomic E-state index is 13.1. The van der Waals surface area contributed by atoms with Crippen molar-refractivity contribution >= 4 is 18.0 Å². The Hall–Kier alpha value is -3.15. The summed E-state index contributed by atoms with van der Waals surface area (Å²) in [5, 5.41) is 2.92. The Morgan fingerprint density at radius 1 is 1.21 bits per heavy atom. The SMILES string of the molecule is CC(COc1cccc(F)c1)OC(=O)/C=C/c1ccc(C(=O)NC2CC2)cc1. The molecule has 0 heterocycles. The van der Waals surface area contributed by atoms with Crippen LogP contribution in [-0.4, -0.2) is 30.6 Å². The molecule has 5 nitrogen and oxygen atoms in total. The van der Waals surface area contributed by atoms with Gasteiger partial charge in [-0.15, -0.1) is 0 Å². The molecule has 0 saturated heterocycles. The Bertz CT molecular complexity index is 859. The molecule has 0 radical (unpaired) electrons. The second-order valence-corrected chi connectivity index (χ2v) is 6.72. The average Bonchev–Trinajstić information content (AvgIpc) is 3.49. The van der Waals surface area contributed by atoms with Gasteiger partial charge in [0, 0.05) is 23.7 Å². The number of ether oxygens (including phenoxy) is 2. The van der Waals surface area contributed by atoms with Gasteiger partial charge in [0.05, 0.1) is 0 Å². The minimum absolute atomic E-state index is 0.0791. The maximum atomic E-state index is 13.1. The Kier molecular flexibility index (Phi) is 6.42. The molecule has 1 fully saturated rings. The second-order valence-electron chi connectivity index (χ2n) is 6.72. The van der Waals surface area contributed by atoms with E-state index in [2.05, 4.69) is 5.32 Å². The summed E-state index contributed by atoms with van der Waals surface area (Å²) in [6, 6.07) is 13.1. The molecule has 2 aromatic rings. The number of halogens is 1. The van der Waals surface area contributed by atoms with Crippen molar-refractivity contribution in [2.24, 2.45) is 0 Å². The molecule has 6 heteroatoms. The van der Waals surface area contributed by atoms with Crippen LogP contribution in [0.5, 0.6) is 5.75 Å². The van der Waals surface area contributed by atoms with Gasteiger partial charge in [-0.25, -0.2) is 9.18 Å². The standard InChI is InChI=1S/C22H22FNO4/c1-15(14-27-20-4-2-3-18(23)13-20)28-21(25)12-7-16-5-8-17(9-6-16)22(26)24-19-10-11-19/h2-9,12-13,15,19H,10-11,14H2,1H3,(H,24,26)/b12-7+. The first-order valence-corrected chi connectivity index (χ1v) is 9.17. The predicted molar refractivity (Wildman–Crippen MR) is 103 cm³/mol. The summed E-state index contributed by atoms with van der Waals surface area (Å²) in [5.74, 6) is -0.596. The van der Waals surface area contributed by atoms with Gasteiger partial charge in [0.1, 0.15) is 24.3 Å². The highest BCUT2D eigenvalue weighted by Gasteiger charge is 2.23. The molecule has 0 aliphatic heterocycles. The Labute approximate surface area is 163 Å². The largest absolute Gasteiger partial charge is 0.490 e. The molecule has 146 valence electrons. The van der Waals surface area contributed by atoms with Crippen LogP contribution in [-0.2, 0) is 9.53 Å². The summed E-state index contributed by atoms with van der Waals surface area (Å²) < 4.78 is 23.7. The highest BCUT2D eigenvalue weighted by Crippen LogP contribution is 2.19. The van der Waals surface area contributed by atoms with Crippen molar-refractivity contribution in [3.8, 4) is 5.75 Å². The van der Waals surface area contributed by atoms with Gasteiger partial charge in [0.25, 0.3) is 5.91 Å². The van der Waals surface area contributed by atoms with Crippen LogP contribution in [0.3, 0.4) is 0 Å². The van der Waals surface area contributed by atoms with E-state index in [-0.39, 0.29) is 18.3 Å². The molecular weight excluding hydrogens is 361 g/mol. The zero-order valence-electron chi connectivity index (χ0n) is 15.6. The third kappa shape index (κ3) is 6.23. The van der Waals surface area contributed by atoms with Crippen LogP contribution in [0.4, 0.5) is 4.39 Å². The lowest BCUT2D eigenvalue weighted by Crippen LogP contribution is -2.25. The van der Waals surface area contributed by atoms with E-state index >= 15 is 0 Å². The minimum Gasteiger partial charge on any atom is -0.490 e. The molecule has 2 aromatic carbocycles. The van der Waals surface area contributed by atoms with E-state index in [1.54, 1.807) is 49.4 Å². The molecule has 28 heavy (non-hydrogen) atoms. The quantitative estimate of drug-likeness (QED) is 0.557. The van der Waals surface area contributed by atoms with Crippen LogP contribution >= 0.6 is 0 Å². The molecule has 1 atom stereocenters. The molecule has 0 spiro atoms. The number of esters is 1. The summed E-state index contributed by atoms with van der Waals surface area (Å²) in [5.41, 5.74) is 1.37. The van der Waals surface area contributed by atoms with E-state index < -0.39 is 12.1 Å². The minimum atomic E-state index is -0.508. The lowest BCUT2D eigenvalue weighted by Gasteiger charge is -2.13. The smallest absolute Gasteiger partial charge is 0.331 e. The monoisotopic (exact) mass is 383 g/mol. The van der Waals surface area contributed by atoms with Crippen molar-refractivity contribution in [2.45, 2.75) is 31.9 Å².